The third-order valence-electron chi connectivity index (χ3n) is 4.59. The molecule has 0 bridgehead atoms. The van der Waals surface area contributed by atoms with Crippen LogP contribution in [0.2, 0.25) is 0 Å². The molecule has 27 heavy (non-hydrogen) atoms. The van der Waals surface area contributed by atoms with Gasteiger partial charge >= 0.3 is 0 Å². The molecule has 0 unspecified atom stereocenters. The van der Waals surface area contributed by atoms with E-state index in [1.165, 1.54) is 0 Å². The van der Waals surface area contributed by atoms with Gasteiger partial charge in [-0.25, -0.2) is 13.1 Å². The maximum Gasteiger partial charge on any atom is 0.240 e. The van der Waals surface area contributed by atoms with Gasteiger partial charge in [-0.05, 0) is 41.5 Å². The van der Waals surface area contributed by atoms with Crippen molar-refractivity contribution in [1.29, 1.82) is 0 Å². The van der Waals surface area contributed by atoms with Crippen molar-refractivity contribution in [3.8, 4) is 10.4 Å². The second kappa shape index (κ2) is 6.92. The van der Waals surface area contributed by atoms with Crippen LogP contribution in [0.4, 0.5) is 5.69 Å². The van der Waals surface area contributed by atoms with Crippen LogP contribution in [0.25, 0.3) is 10.4 Å². The Morgan fingerprint density at radius 2 is 1.85 bits per heavy atom. The van der Waals surface area contributed by atoms with Gasteiger partial charge in [-0.15, -0.1) is 11.3 Å². The van der Waals surface area contributed by atoms with Crippen LogP contribution in [0, 0.1) is 0 Å². The molecular weight excluding hydrogens is 380 g/mol. The van der Waals surface area contributed by atoms with Gasteiger partial charge in [0.2, 0.25) is 15.9 Å². The van der Waals surface area contributed by atoms with E-state index in [9.17, 15) is 13.2 Å². The molecule has 5 nitrogen and oxygen atoms in total. The summed E-state index contributed by atoms with van der Waals surface area (Å²) in [6, 6.07) is 18.7. The van der Waals surface area contributed by atoms with E-state index in [4.69, 9.17) is 0 Å². The van der Waals surface area contributed by atoms with Crippen LogP contribution in [0.3, 0.4) is 0 Å². The normalized spacial score (nSPS) is 13.8. The molecule has 1 amide bonds. The summed E-state index contributed by atoms with van der Waals surface area (Å²) >= 11 is 1.56. The summed E-state index contributed by atoms with van der Waals surface area (Å²) in [5.41, 5.74) is 2.63. The third kappa shape index (κ3) is 3.53. The van der Waals surface area contributed by atoms with Gasteiger partial charge < -0.3 is 4.90 Å². The largest absolute Gasteiger partial charge is 0.315 e. The Labute approximate surface area is 162 Å². The number of benzene rings is 2. The molecule has 0 aliphatic carbocycles. The molecule has 3 aromatic rings. The smallest absolute Gasteiger partial charge is 0.240 e. The highest BCUT2D eigenvalue weighted by Crippen LogP contribution is 2.30. The molecule has 0 fully saturated rings. The second-order valence-corrected chi connectivity index (χ2v) is 9.31. The van der Waals surface area contributed by atoms with E-state index >= 15 is 0 Å². The minimum Gasteiger partial charge on any atom is -0.315 e. The number of rotatable bonds is 5. The molecule has 0 saturated carbocycles. The number of nitrogens with one attached hydrogen (secondary N) is 1. The average molecular weight is 399 g/mol. The van der Waals surface area contributed by atoms with Crippen molar-refractivity contribution in [3.05, 3.63) is 71.1 Å². The van der Waals surface area contributed by atoms with E-state index in [1.54, 1.807) is 41.5 Å². The number of sulfonamides is 1. The van der Waals surface area contributed by atoms with Crippen molar-refractivity contribution in [3.63, 3.8) is 0 Å². The number of anilines is 1. The van der Waals surface area contributed by atoms with Crippen molar-refractivity contribution in [1.82, 2.24) is 4.72 Å². The first kappa shape index (κ1) is 17.9. The van der Waals surface area contributed by atoms with Gasteiger partial charge in [0.25, 0.3) is 0 Å². The van der Waals surface area contributed by atoms with Crippen LogP contribution >= 0.6 is 11.3 Å². The molecule has 0 atom stereocenters. The molecule has 2 heterocycles. The van der Waals surface area contributed by atoms with Crippen molar-refractivity contribution < 1.29 is 13.2 Å². The van der Waals surface area contributed by atoms with E-state index in [-0.39, 0.29) is 23.8 Å². The van der Waals surface area contributed by atoms with Crippen molar-refractivity contribution in [2.45, 2.75) is 17.9 Å². The van der Waals surface area contributed by atoms with Crippen LogP contribution in [0.1, 0.15) is 10.4 Å². The highest BCUT2D eigenvalue weighted by atomic mass is 32.2. The number of hydrogen-bond donors (Lipinski definition) is 1. The second-order valence-electron chi connectivity index (χ2n) is 6.38. The maximum absolute atomic E-state index is 12.6. The monoisotopic (exact) mass is 398 g/mol. The molecule has 7 heteroatoms. The summed E-state index contributed by atoms with van der Waals surface area (Å²) in [6.45, 7) is 0.232. The van der Waals surface area contributed by atoms with Crippen LogP contribution in [-0.2, 0) is 27.8 Å². The fourth-order valence-electron chi connectivity index (χ4n) is 3.09. The van der Waals surface area contributed by atoms with E-state index in [2.05, 4.69) is 4.72 Å². The molecule has 0 radical (unpaired) electrons. The number of thiophene rings is 1. The predicted octanol–water partition coefficient (Wildman–Crippen LogP) is 3.41. The van der Waals surface area contributed by atoms with E-state index in [0.717, 1.165) is 26.6 Å². The Morgan fingerprint density at radius 1 is 1.07 bits per heavy atom. The van der Waals surface area contributed by atoms with Crippen molar-refractivity contribution >= 4 is 33.0 Å². The minimum atomic E-state index is -3.64. The van der Waals surface area contributed by atoms with Gasteiger partial charge in [0, 0.05) is 29.0 Å². The van der Waals surface area contributed by atoms with E-state index in [1.807, 2.05) is 42.5 Å². The lowest BCUT2D eigenvalue weighted by Gasteiger charge is -2.11. The van der Waals surface area contributed by atoms with Crippen LogP contribution in [-0.4, -0.2) is 21.4 Å². The fraction of sp³-hybridized carbons (Fsp3) is 0.150. The van der Waals surface area contributed by atoms with Crippen molar-refractivity contribution in [2.24, 2.45) is 0 Å². The summed E-state index contributed by atoms with van der Waals surface area (Å²) < 4.78 is 27.9. The topological polar surface area (TPSA) is 66.5 Å². The zero-order valence-corrected chi connectivity index (χ0v) is 16.3. The third-order valence-corrected chi connectivity index (χ3v) is 7.13. The molecule has 1 aliphatic rings. The fourth-order valence-corrected chi connectivity index (χ4v) is 5.19. The Kier molecular flexibility index (Phi) is 4.59. The Hall–Kier alpha value is -2.48. The number of hydrogen-bond acceptors (Lipinski definition) is 4. The van der Waals surface area contributed by atoms with Gasteiger partial charge in [-0.1, -0.05) is 30.3 Å². The zero-order valence-electron chi connectivity index (χ0n) is 14.7. The number of carbonyl (C=O) groups is 1. The Bertz CT molecular complexity index is 1110. The minimum absolute atomic E-state index is 0.0282. The molecule has 0 spiro atoms. The highest BCUT2D eigenvalue weighted by Gasteiger charge is 2.26. The summed E-state index contributed by atoms with van der Waals surface area (Å²) in [6.07, 6.45) is 0.237. The summed E-state index contributed by atoms with van der Waals surface area (Å²) in [5, 5.41) is 0. The van der Waals surface area contributed by atoms with Gasteiger partial charge in [0.05, 0.1) is 11.3 Å². The molecule has 2 aromatic carbocycles. The average Bonchev–Trinajstić information content (AvgIpc) is 3.26. The van der Waals surface area contributed by atoms with Gasteiger partial charge in [-0.3, -0.25) is 4.79 Å². The molecule has 1 aromatic heterocycles. The van der Waals surface area contributed by atoms with Crippen LogP contribution in [0.15, 0.2) is 65.6 Å². The van der Waals surface area contributed by atoms with Crippen LogP contribution in [0.5, 0.6) is 0 Å². The number of fused-ring (bicyclic) bond motifs is 1. The number of likely N-dealkylation sites (N-methyl/N-ethyl adjacent to an activating group) is 1. The number of carbonyl (C=O) groups excluding carboxylic acids is 1. The number of nitrogens with zero attached hydrogens (tertiary/aromatic N) is 1. The lowest BCUT2D eigenvalue weighted by Crippen LogP contribution is -2.23. The SMILES string of the molecule is CN1C(=O)Cc2cc(S(=O)(=O)NCc3ccc(-c4ccccc4)s3)ccc21. The Balaban J connectivity index is 1.49. The molecular formula is C20H18N2O3S2. The van der Waals surface area contributed by atoms with Crippen molar-refractivity contribution in [2.75, 3.05) is 11.9 Å². The zero-order chi connectivity index (χ0) is 19.0. The highest BCUT2D eigenvalue weighted by molar-refractivity contribution is 7.89. The first-order valence-corrected chi connectivity index (χ1v) is 10.8. The van der Waals surface area contributed by atoms with Gasteiger partial charge in [0.15, 0.2) is 0 Å². The molecule has 1 N–H and O–H groups in total. The Morgan fingerprint density at radius 3 is 2.63 bits per heavy atom. The lowest BCUT2D eigenvalue weighted by molar-refractivity contribution is -0.117. The standard InChI is InChI=1S/C20H18N2O3S2/c1-22-18-9-8-17(11-15(18)12-20(22)23)27(24,25)21-13-16-7-10-19(26-16)14-5-3-2-4-6-14/h2-11,21H,12-13H2,1H3. The van der Waals surface area contributed by atoms with Gasteiger partial charge in [-0.2, -0.15) is 0 Å². The first-order valence-electron chi connectivity index (χ1n) is 8.47. The first-order chi connectivity index (χ1) is 12.9. The summed E-state index contributed by atoms with van der Waals surface area (Å²) in [7, 11) is -1.95. The number of amides is 1. The summed E-state index contributed by atoms with van der Waals surface area (Å²) in [4.78, 5) is 15.6. The molecule has 138 valence electrons. The maximum atomic E-state index is 12.6. The molecule has 4 rings (SSSR count). The molecule has 1 aliphatic heterocycles. The van der Waals surface area contributed by atoms with Crippen LogP contribution < -0.4 is 9.62 Å². The van der Waals surface area contributed by atoms with E-state index < -0.39 is 10.0 Å². The van der Waals surface area contributed by atoms with Gasteiger partial charge in [0.1, 0.15) is 0 Å². The summed E-state index contributed by atoms with van der Waals surface area (Å²) in [5.74, 6) is -0.0282. The van der Waals surface area contributed by atoms with E-state index in [0.29, 0.717) is 0 Å². The quantitative estimate of drug-likeness (QED) is 0.716. The predicted molar refractivity (Wildman–Crippen MR) is 107 cm³/mol. The lowest BCUT2D eigenvalue weighted by atomic mass is 10.2. The molecule has 0 saturated heterocycles.